The molecule has 0 saturated carbocycles. The van der Waals surface area contributed by atoms with Crippen molar-refractivity contribution in [3.05, 3.63) is 90.0 Å². The number of ether oxygens (including phenoxy) is 1. The summed E-state index contributed by atoms with van der Waals surface area (Å²) < 4.78 is 5.45. The van der Waals surface area contributed by atoms with Crippen molar-refractivity contribution in [3.8, 4) is 5.75 Å². The van der Waals surface area contributed by atoms with E-state index < -0.39 is 8.15 Å². The molecule has 0 aliphatic heterocycles. The Bertz CT molecular complexity index is 771. The molecule has 3 rings (SSSR count). The third-order valence-electron chi connectivity index (χ3n) is 3.79. The molecule has 0 aliphatic carbocycles. The SMILES string of the molecule is COc1ccccc1Cc1ccccc1[P@](O)c1ccccc1. The minimum Gasteiger partial charge on any atom is -0.496 e. The quantitative estimate of drug-likeness (QED) is 0.727. The average Bonchev–Trinajstić information content (AvgIpc) is 2.63. The van der Waals surface area contributed by atoms with Gasteiger partial charge in [-0.1, -0.05) is 72.8 Å². The van der Waals surface area contributed by atoms with Crippen molar-refractivity contribution in [1.29, 1.82) is 0 Å². The molecule has 0 aromatic heterocycles. The third kappa shape index (κ3) is 3.61. The van der Waals surface area contributed by atoms with Gasteiger partial charge in [0, 0.05) is 17.0 Å². The van der Waals surface area contributed by atoms with Gasteiger partial charge in [-0.2, -0.15) is 0 Å². The van der Waals surface area contributed by atoms with E-state index in [1.165, 1.54) is 0 Å². The highest BCUT2D eigenvalue weighted by Gasteiger charge is 2.15. The number of hydrogen-bond acceptors (Lipinski definition) is 2. The van der Waals surface area contributed by atoms with Gasteiger partial charge in [0.25, 0.3) is 0 Å². The highest BCUT2D eigenvalue weighted by atomic mass is 31.1. The monoisotopic (exact) mass is 322 g/mol. The van der Waals surface area contributed by atoms with Crippen molar-refractivity contribution < 1.29 is 9.63 Å². The van der Waals surface area contributed by atoms with E-state index in [-0.39, 0.29) is 0 Å². The first-order chi connectivity index (χ1) is 11.3. The molecule has 0 unspecified atom stereocenters. The predicted molar refractivity (Wildman–Crippen MR) is 97.1 cm³/mol. The van der Waals surface area contributed by atoms with Crippen LogP contribution in [0.25, 0.3) is 0 Å². The molecule has 23 heavy (non-hydrogen) atoms. The molecule has 116 valence electrons. The second-order valence-electron chi connectivity index (χ2n) is 5.26. The smallest absolute Gasteiger partial charge is 0.122 e. The van der Waals surface area contributed by atoms with Crippen LogP contribution in [0.1, 0.15) is 11.1 Å². The van der Waals surface area contributed by atoms with Gasteiger partial charge in [0.2, 0.25) is 0 Å². The molecule has 0 bridgehead atoms. The number of benzene rings is 3. The maximum Gasteiger partial charge on any atom is 0.122 e. The Morgan fingerprint density at radius 2 is 1.39 bits per heavy atom. The second kappa shape index (κ2) is 7.41. The lowest BCUT2D eigenvalue weighted by Crippen LogP contribution is -2.15. The van der Waals surface area contributed by atoms with Crippen LogP contribution in [-0.2, 0) is 6.42 Å². The summed E-state index contributed by atoms with van der Waals surface area (Å²) in [5.74, 6) is 0.879. The highest BCUT2D eigenvalue weighted by Crippen LogP contribution is 2.31. The molecule has 2 nitrogen and oxygen atoms in total. The average molecular weight is 322 g/mol. The second-order valence-corrected chi connectivity index (χ2v) is 6.89. The van der Waals surface area contributed by atoms with Gasteiger partial charge in [-0.3, -0.25) is 0 Å². The van der Waals surface area contributed by atoms with Crippen molar-refractivity contribution in [1.82, 2.24) is 0 Å². The maximum absolute atomic E-state index is 10.8. The Morgan fingerprint density at radius 3 is 2.13 bits per heavy atom. The van der Waals surface area contributed by atoms with Crippen LogP contribution in [0, 0.1) is 0 Å². The molecule has 0 saturated heterocycles. The molecule has 1 N–H and O–H groups in total. The minimum absolute atomic E-state index is 0.742. The summed E-state index contributed by atoms with van der Waals surface area (Å²) in [7, 11) is 0.346. The van der Waals surface area contributed by atoms with E-state index in [1.807, 2.05) is 66.7 Å². The molecule has 0 radical (unpaired) electrons. The topological polar surface area (TPSA) is 29.5 Å². The van der Waals surface area contributed by atoms with E-state index in [1.54, 1.807) is 7.11 Å². The number of para-hydroxylation sites is 1. The van der Waals surface area contributed by atoms with Gasteiger partial charge in [-0.25, -0.2) is 0 Å². The van der Waals surface area contributed by atoms with Crippen molar-refractivity contribution in [2.75, 3.05) is 7.11 Å². The summed E-state index contributed by atoms with van der Waals surface area (Å²) in [4.78, 5) is 10.8. The standard InChI is InChI=1S/C20H19O2P/c1-22-19-13-7-5-9-16(19)15-17-10-6-8-14-20(17)23(21)18-11-3-2-4-12-18/h2-14,21H,15H2,1H3/t23-/m1/s1. The summed E-state index contributed by atoms with van der Waals surface area (Å²) in [6, 6.07) is 26.0. The largest absolute Gasteiger partial charge is 0.496 e. The number of methoxy groups -OCH3 is 1. The Balaban J connectivity index is 1.95. The van der Waals surface area contributed by atoms with Crippen LogP contribution in [0.2, 0.25) is 0 Å². The third-order valence-corrected chi connectivity index (χ3v) is 5.47. The summed E-state index contributed by atoms with van der Waals surface area (Å²) in [6.45, 7) is 0. The van der Waals surface area contributed by atoms with Crippen LogP contribution in [0.4, 0.5) is 0 Å². The molecule has 1 atom stereocenters. The van der Waals surface area contributed by atoms with Crippen LogP contribution in [0.5, 0.6) is 5.75 Å². The van der Waals surface area contributed by atoms with Crippen molar-refractivity contribution >= 4 is 18.8 Å². The van der Waals surface area contributed by atoms with E-state index in [0.717, 1.165) is 33.9 Å². The van der Waals surface area contributed by atoms with Gasteiger partial charge in [-0.05, 0) is 17.2 Å². The first-order valence-corrected chi connectivity index (χ1v) is 8.83. The van der Waals surface area contributed by atoms with Gasteiger partial charge < -0.3 is 9.63 Å². The molecular weight excluding hydrogens is 303 g/mol. The lowest BCUT2D eigenvalue weighted by molar-refractivity contribution is 0.410. The minimum atomic E-state index is -1.34. The fourth-order valence-corrected chi connectivity index (χ4v) is 4.02. The van der Waals surface area contributed by atoms with E-state index in [2.05, 4.69) is 12.1 Å². The molecule has 0 aliphatic rings. The van der Waals surface area contributed by atoms with Crippen LogP contribution in [0.15, 0.2) is 78.9 Å². The fraction of sp³-hybridized carbons (Fsp3) is 0.100. The summed E-state index contributed by atoms with van der Waals surface area (Å²) in [5.41, 5.74) is 2.26. The molecule has 0 spiro atoms. The summed E-state index contributed by atoms with van der Waals surface area (Å²) in [5, 5.41) is 1.97. The molecule has 0 fully saturated rings. The van der Waals surface area contributed by atoms with E-state index in [4.69, 9.17) is 4.74 Å². The van der Waals surface area contributed by atoms with E-state index in [0.29, 0.717) is 0 Å². The van der Waals surface area contributed by atoms with Crippen LogP contribution < -0.4 is 15.3 Å². The van der Waals surface area contributed by atoms with Gasteiger partial charge in [-0.15, -0.1) is 0 Å². The highest BCUT2D eigenvalue weighted by molar-refractivity contribution is 7.67. The first-order valence-electron chi connectivity index (χ1n) is 7.53. The van der Waals surface area contributed by atoms with Gasteiger partial charge in [0.05, 0.1) is 15.3 Å². The predicted octanol–water partition coefficient (Wildman–Crippen LogP) is 3.63. The van der Waals surface area contributed by atoms with Crippen LogP contribution >= 0.6 is 8.15 Å². The zero-order valence-electron chi connectivity index (χ0n) is 13.0. The number of hydrogen-bond donors (Lipinski definition) is 1. The van der Waals surface area contributed by atoms with E-state index >= 15 is 0 Å². The van der Waals surface area contributed by atoms with Crippen LogP contribution in [0.3, 0.4) is 0 Å². The summed E-state index contributed by atoms with van der Waals surface area (Å²) >= 11 is 0. The van der Waals surface area contributed by atoms with Gasteiger partial charge >= 0.3 is 0 Å². The zero-order valence-corrected chi connectivity index (χ0v) is 13.9. The maximum atomic E-state index is 10.8. The lowest BCUT2D eigenvalue weighted by atomic mass is 10.0. The summed E-state index contributed by atoms with van der Waals surface area (Å²) in [6.07, 6.45) is 0.742. The van der Waals surface area contributed by atoms with Crippen molar-refractivity contribution in [2.24, 2.45) is 0 Å². The Kier molecular flexibility index (Phi) is 5.07. The molecule has 0 amide bonds. The van der Waals surface area contributed by atoms with Crippen molar-refractivity contribution in [3.63, 3.8) is 0 Å². The number of rotatable bonds is 5. The van der Waals surface area contributed by atoms with Crippen molar-refractivity contribution in [2.45, 2.75) is 6.42 Å². The molecular formula is C20H19O2P. The van der Waals surface area contributed by atoms with Gasteiger partial charge in [0.1, 0.15) is 5.75 Å². The normalized spacial score (nSPS) is 11.9. The van der Waals surface area contributed by atoms with Gasteiger partial charge in [0.15, 0.2) is 0 Å². The molecule has 3 aromatic rings. The Labute approximate surface area is 138 Å². The molecule has 3 aromatic carbocycles. The fourth-order valence-electron chi connectivity index (χ4n) is 2.63. The lowest BCUT2D eigenvalue weighted by Gasteiger charge is -2.16. The Morgan fingerprint density at radius 1 is 0.783 bits per heavy atom. The first kappa shape index (κ1) is 15.7. The van der Waals surface area contributed by atoms with Crippen LogP contribution in [-0.4, -0.2) is 12.0 Å². The zero-order chi connectivity index (χ0) is 16.1. The van der Waals surface area contributed by atoms with E-state index in [9.17, 15) is 4.89 Å². The molecule has 3 heteroatoms. The Hall–Kier alpha value is -2.15. The molecule has 0 heterocycles.